The van der Waals surface area contributed by atoms with Gasteiger partial charge in [-0.1, -0.05) is 0 Å². The predicted octanol–water partition coefficient (Wildman–Crippen LogP) is 0.322. The number of aromatic nitrogens is 3. The zero-order chi connectivity index (χ0) is 9.84. The normalized spacial score (nSPS) is 10.1. The number of hydrogen-bond donors (Lipinski definition) is 0. The maximum atomic E-state index is 11.0. The molecule has 0 radical (unpaired) electrons. The van der Waals surface area contributed by atoms with Crippen LogP contribution in [0.25, 0.3) is 0 Å². The van der Waals surface area contributed by atoms with Crippen molar-refractivity contribution in [2.24, 2.45) is 0 Å². The fraction of sp³-hybridized carbons (Fsp3) is 0.625. The minimum absolute atomic E-state index is 0.186. The van der Waals surface area contributed by atoms with E-state index in [9.17, 15) is 4.79 Å². The highest BCUT2D eigenvalue weighted by Crippen LogP contribution is 2.02. The third kappa shape index (κ3) is 2.05. The Labute approximate surface area is 76.7 Å². The van der Waals surface area contributed by atoms with Crippen molar-refractivity contribution >= 4 is 5.97 Å². The highest BCUT2D eigenvalue weighted by atomic mass is 16.5. The van der Waals surface area contributed by atoms with Crippen molar-refractivity contribution < 1.29 is 9.53 Å². The van der Waals surface area contributed by atoms with Gasteiger partial charge in [-0.3, -0.25) is 4.79 Å². The molecule has 1 heterocycles. The Bertz CT molecular complexity index is 306. The van der Waals surface area contributed by atoms with Gasteiger partial charge in [0.2, 0.25) is 0 Å². The second-order valence-electron chi connectivity index (χ2n) is 2.66. The first-order valence-electron chi connectivity index (χ1n) is 4.14. The third-order valence-electron chi connectivity index (χ3n) is 1.86. The van der Waals surface area contributed by atoms with Crippen LogP contribution in [0.2, 0.25) is 0 Å². The van der Waals surface area contributed by atoms with Crippen LogP contribution in [-0.4, -0.2) is 27.8 Å². The smallest absolute Gasteiger partial charge is 0.313 e. The van der Waals surface area contributed by atoms with E-state index in [2.05, 4.69) is 14.9 Å². The first kappa shape index (κ1) is 9.70. The number of nitrogens with zero attached hydrogens (tertiary/aromatic N) is 3. The molecule has 1 aromatic rings. The Morgan fingerprint density at radius 2 is 2.23 bits per heavy atom. The number of carbonyl (C=O) groups is 1. The summed E-state index contributed by atoms with van der Waals surface area (Å²) in [6, 6.07) is 0. The molecule has 72 valence electrons. The van der Waals surface area contributed by atoms with Gasteiger partial charge >= 0.3 is 5.97 Å². The van der Waals surface area contributed by atoms with Crippen molar-refractivity contribution in [3.8, 4) is 0 Å². The molecule has 0 atom stereocenters. The van der Waals surface area contributed by atoms with Crippen molar-refractivity contribution in [3.63, 3.8) is 0 Å². The van der Waals surface area contributed by atoms with E-state index in [1.54, 1.807) is 0 Å². The number of carbonyl (C=O) groups excluding carboxylic acids is 1. The molecule has 5 heteroatoms. The lowest BCUT2D eigenvalue weighted by Crippen LogP contribution is -2.11. The fourth-order valence-electron chi connectivity index (χ4n) is 1.17. The Morgan fingerprint density at radius 3 is 2.77 bits per heavy atom. The average Bonchev–Trinajstić information content (AvgIpc) is 2.46. The molecular formula is C8H13N3O2. The van der Waals surface area contributed by atoms with Crippen molar-refractivity contribution in [1.29, 1.82) is 0 Å². The fourth-order valence-corrected chi connectivity index (χ4v) is 1.17. The average molecular weight is 183 g/mol. The standard InChI is InChI=1S/C8H13N3O2/c1-4-11-6(2)9-10-7(11)5-8(12)13-3/h4-5H2,1-3H3. The SMILES string of the molecule is CCn1c(C)nnc1CC(=O)OC. The van der Waals surface area contributed by atoms with Crippen LogP contribution in [0.3, 0.4) is 0 Å². The van der Waals surface area contributed by atoms with Crippen LogP contribution in [0.4, 0.5) is 0 Å². The molecule has 5 nitrogen and oxygen atoms in total. The van der Waals surface area contributed by atoms with Crippen LogP contribution >= 0.6 is 0 Å². The van der Waals surface area contributed by atoms with E-state index in [0.29, 0.717) is 5.82 Å². The number of esters is 1. The Hall–Kier alpha value is -1.39. The minimum atomic E-state index is -0.290. The first-order chi connectivity index (χ1) is 6.19. The highest BCUT2D eigenvalue weighted by molar-refractivity contribution is 5.71. The molecule has 0 amide bonds. The zero-order valence-electron chi connectivity index (χ0n) is 8.07. The van der Waals surface area contributed by atoms with Crippen LogP contribution in [0.1, 0.15) is 18.6 Å². The molecule has 0 bridgehead atoms. The van der Waals surface area contributed by atoms with Crippen LogP contribution in [0.15, 0.2) is 0 Å². The van der Waals surface area contributed by atoms with Gasteiger partial charge in [-0.15, -0.1) is 10.2 Å². The molecule has 0 spiro atoms. The minimum Gasteiger partial charge on any atom is -0.469 e. The van der Waals surface area contributed by atoms with Gasteiger partial charge in [0.1, 0.15) is 18.1 Å². The van der Waals surface area contributed by atoms with Gasteiger partial charge in [-0.05, 0) is 13.8 Å². The van der Waals surface area contributed by atoms with Crippen LogP contribution < -0.4 is 0 Å². The van der Waals surface area contributed by atoms with Crippen molar-refractivity contribution in [2.75, 3.05) is 7.11 Å². The largest absolute Gasteiger partial charge is 0.469 e. The zero-order valence-corrected chi connectivity index (χ0v) is 8.07. The third-order valence-corrected chi connectivity index (χ3v) is 1.86. The van der Waals surface area contributed by atoms with Crippen molar-refractivity contribution in [2.45, 2.75) is 26.8 Å². The summed E-state index contributed by atoms with van der Waals surface area (Å²) >= 11 is 0. The molecular weight excluding hydrogens is 170 g/mol. The highest BCUT2D eigenvalue weighted by Gasteiger charge is 2.11. The molecule has 0 aliphatic heterocycles. The number of rotatable bonds is 3. The van der Waals surface area contributed by atoms with E-state index in [1.165, 1.54) is 7.11 Å². The van der Waals surface area contributed by atoms with Gasteiger partial charge < -0.3 is 9.30 Å². The summed E-state index contributed by atoms with van der Waals surface area (Å²) in [5.41, 5.74) is 0. The molecule has 0 fully saturated rings. The topological polar surface area (TPSA) is 57.0 Å². The van der Waals surface area contributed by atoms with Gasteiger partial charge in [0.15, 0.2) is 0 Å². The van der Waals surface area contributed by atoms with E-state index in [4.69, 9.17) is 0 Å². The molecule has 0 aliphatic carbocycles. The van der Waals surface area contributed by atoms with Gasteiger partial charge in [0.05, 0.1) is 7.11 Å². The number of ether oxygens (including phenoxy) is 1. The number of hydrogen-bond acceptors (Lipinski definition) is 4. The van der Waals surface area contributed by atoms with Crippen LogP contribution in [0.5, 0.6) is 0 Å². The molecule has 0 unspecified atom stereocenters. The quantitative estimate of drug-likeness (QED) is 0.633. The maximum Gasteiger partial charge on any atom is 0.313 e. The van der Waals surface area contributed by atoms with Crippen LogP contribution in [0, 0.1) is 6.92 Å². The van der Waals surface area contributed by atoms with E-state index in [0.717, 1.165) is 12.4 Å². The molecule has 0 saturated carbocycles. The summed E-state index contributed by atoms with van der Waals surface area (Å²) in [4.78, 5) is 11.0. The molecule has 0 aliphatic rings. The van der Waals surface area contributed by atoms with Gasteiger partial charge in [-0.25, -0.2) is 0 Å². The van der Waals surface area contributed by atoms with E-state index >= 15 is 0 Å². The summed E-state index contributed by atoms with van der Waals surface area (Å²) in [5.74, 6) is 1.19. The van der Waals surface area contributed by atoms with E-state index in [-0.39, 0.29) is 12.4 Å². The van der Waals surface area contributed by atoms with Gasteiger partial charge in [-0.2, -0.15) is 0 Å². The second-order valence-corrected chi connectivity index (χ2v) is 2.66. The first-order valence-corrected chi connectivity index (χ1v) is 4.14. The summed E-state index contributed by atoms with van der Waals surface area (Å²) in [6.07, 6.45) is 0.186. The Balaban J connectivity index is 2.82. The van der Waals surface area contributed by atoms with E-state index in [1.807, 2.05) is 18.4 Å². The Morgan fingerprint density at radius 1 is 1.54 bits per heavy atom. The molecule has 1 aromatic heterocycles. The van der Waals surface area contributed by atoms with Gasteiger partial charge in [0.25, 0.3) is 0 Å². The Kier molecular flexibility index (Phi) is 3.00. The van der Waals surface area contributed by atoms with Crippen LogP contribution in [-0.2, 0) is 22.5 Å². The summed E-state index contributed by atoms with van der Waals surface area (Å²) in [5, 5.41) is 7.77. The lowest BCUT2D eigenvalue weighted by atomic mass is 10.4. The maximum absolute atomic E-state index is 11.0. The monoisotopic (exact) mass is 183 g/mol. The van der Waals surface area contributed by atoms with Crippen molar-refractivity contribution in [3.05, 3.63) is 11.6 Å². The summed E-state index contributed by atoms with van der Waals surface area (Å²) < 4.78 is 6.43. The van der Waals surface area contributed by atoms with E-state index < -0.39 is 0 Å². The summed E-state index contributed by atoms with van der Waals surface area (Å²) in [6.45, 7) is 4.61. The number of methoxy groups -OCH3 is 1. The molecule has 0 saturated heterocycles. The van der Waals surface area contributed by atoms with Crippen molar-refractivity contribution in [1.82, 2.24) is 14.8 Å². The molecule has 13 heavy (non-hydrogen) atoms. The van der Waals surface area contributed by atoms with Gasteiger partial charge in [0, 0.05) is 6.54 Å². The summed E-state index contributed by atoms with van der Waals surface area (Å²) in [7, 11) is 1.36. The predicted molar refractivity (Wildman–Crippen MR) is 46.2 cm³/mol. The number of aryl methyl sites for hydroxylation is 1. The molecule has 0 N–H and O–H groups in total. The molecule has 0 aromatic carbocycles. The second kappa shape index (κ2) is 4.02. The lowest BCUT2D eigenvalue weighted by Gasteiger charge is -2.03. The molecule has 1 rings (SSSR count). The lowest BCUT2D eigenvalue weighted by molar-refractivity contribution is -0.139.